The molecule has 0 aliphatic rings. The first kappa shape index (κ1) is 11.1. The molecule has 0 radical (unpaired) electrons. The van der Waals surface area contributed by atoms with Gasteiger partial charge in [-0.15, -0.1) is 10.2 Å². The second-order valence-electron chi connectivity index (χ2n) is 3.68. The zero-order chi connectivity index (χ0) is 12.4. The Labute approximate surface area is 107 Å². The van der Waals surface area contributed by atoms with Crippen molar-refractivity contribution in [1.29, 1.82) is 0 Å². The van der Waals surface area contributed by atoms with Crippen molar-refractivity contribution in [3.63, 3.8) is 0 Å². The van der Waals surface area contributed by atoms with Crippen molar-refractivity contribution in [1.82, 2.24) is 20.3 Å². The molecule has 0 spiro atoms. The fraction of sp³-hybridized carbons (Fsp3) is 0.182. The molecule has 3 aromatic heterocycles. The van der Waals surface area contributed by atoms with Crippen molar-refractivity contribution < 1.29 is 8.94 Å². The number of nitrogens with one attached hydrogen (secondary N) is 1. The van der Waals surface area contributed by atoms with E-state index < -0.39 is 0 Å². The molecule has 92 valence electrons. The Morgan fingerprint density at radius 1 is 1.39 bits per heavy atom. The molecule has 3 rings (SSSR count). The lowest BCUT2D eigenvalue weighted by Crippen LogP contribution is -1.76. The van der Waals surface area contributed by atoms with Gasteiger partial charge in [0.25, 0.3) is 11.1 Å². The van der Waals surface area contributed by atoms with E-state index in [0.29, 0.717) is 16.9 Å². The lowest BCUT2D eigenvalue weighted by Gasteiger charge is -1.90. The lowest BCUT2D eigenvalue weighted by molar-refractivity contribution is 0.390. The van der Waals surface area contributed by atoms with Crippen molar-refractivity contribution >= 4 is 11.8 Å². The summed E-state index contributed by atoms with van der Waals surface area (Å²) in [6.45, 7) is 1.88. The second kappa shape index (κ2) is 4.69. The fourth-order valence-corrected chi connectivity index (χ4v) is 2.10. The Kier molecular flexibility index (Phi) is 2.89. The van der Waals surface area contributed by atoms with E-state index >= 15 is 0 Å². The summed E-state index contributed by atoms with van der Waals surface area (Å²) in [4.78, 5) is 3.01. The van der Waals surface area contributed by atoms with Crippen LogP contribution in [0.1, 0.15) is 11.5 Å². The number of nitrogens with zero attached hydrogens (tertiary/aromatic N) is 3. The average molecular weight is 262 g/mol. The molecule has 0 aromatic carbocycles. The van der Waals surface area contributed by atoms with E-state index in [1.54, 1.807) is 0 Å². The summed E-state index contributed by atoms with van der Waals surface area (Å²) in [5, 5.41) is 12.2. The van der Waals surface area contributed by atoms with Gasteiger partial charge >= 0.3 is 0 Å². The highest BCUT2D eigenvalue weighted by molar-refractivity contribution is 7.98. The van der Waals surface area contributed by atoms with E-state index in [1.165, 1.54) is 11.8 Å². The zero-order valence-electron chi connectivity index (χ0n) is 9.58. The van der Waals surface area contributed by atoms with E-state index in [1.807, 2.05) is 31.3 Å². The molecule has 1 N–H and O–H groups in total. The van der Waals surface area contributed by atoms with Gasteiger partial charge in [-0.3, -0.25) is 0 Å². The number of aromatic amines is 1. The molecule has 0 fully saturated rings. The summed E-state index contributed by atoms with van der Waals surface area (Å²) in [6, 6.07) is 5.64. The maximum Gasteiger partial charge on any atom is 0.277 e. The van der Waals surface area contributed by atoms with Crippen LogP contribution in [0.3, 0.4) is 0 Å². The van der Waals surface area contributed by atoms with Crippen molar-refractivity contribution in [2.24, 2.45) is 0 Å². The standard InChI is InChI=1S/C11H10N4O2S/c1-7-5-8(17-15-7)6-18-11-14-13-10(16-11)9-3-2-4-12-9/h2-5,12H,6H2,1H3. The quantitative estimate of drug-likeness (QED) is 0.728. The maximum absolute atomic E-state index is 5.50. The van der Waals surface area contributed by atoms with Crippen molar-refractivity contribution in [2.75, 3.05) is 0 Å². The summed E-state index contributed by atoms with van der Waals surface area (Å²) < 4.78 is 10.6. The number of H-pyrrole nitrogens is 1. The largest absolute Gasteiger partial charge is 0.410 e. The van der Waals surface area contributed by atoms with Gasteiger partial charge in [0, 0.05) is 12.3 Å². The zero-order valence-corrected chi connectivity index (χ0v) is 10.4. The molecule has 3 aromatic rings. The van der Waals surface area contributed by atoms with Crippen LogP contribution in [0.4, 0.5) is 0 Å². The number of thioether (sulfide) groups is 1. The molecule has 0 amide bonds. The molecule has 0 aliphatic carbocycles. The lowest BCUT2D eigenvalue weighted by atomic mass is 10.4. The van der Waals surface area contributed by atoms with Gasteiger partial charge < -0.3 is 13.9 Å². The third-order valence-electron chi connectivity index (χ3n) is 2.25. The van der Waals surface area contributed by atoms with Gasteiger partial charge in [0.05, 0.1) is 11.4 Å². The first-order valence-electron chi connectivity index (χ1n) is 5.33. The third-order valence-corrected chi connectivity index (χ3v) is 3.09. The molecule has 0 aliphatic heterocycles. The number of aryl methyl sites for hydroxylation is 1. The number of hydrogen-bond donors (Lipinski definition) is 1. The normalized spacial score (nSPS) is 10.9. The highest BCUT2D eigenvalue weighted by atomic mass is 32.2. The van der Waals surface area contributed by atoms with Crippen molar-refractivity contribution in [2.45, 2.75) is 17.9 Å². The molecule has 18 heavy (non-hydrogen) atoms. The van der Waals surface area contributed by atoms with Crippen molar-refractivity contribution in [3.05, 3.63) is 35.9 Å². The van der Waals surface area contributed by atoms with E-state index in [2.05, 4.69) is 20.3 Å². The van der Waals surface area contributed by atoms with Gasteiger partial charge in [0.15, 0.2) is 0 Å². The van der Waals surface area contributed by atoms with E-state index in [4.69, 9.17) is 8.94 Å². The molecule has 0 atom stereocenters. The summed E-state index contributed by atoms with van der Waals surface area (Å²) in [7, 11) is 0. The van der Waals surface area contributed by atoms with Crippen LogP contribution < -0.4 is 0 Å². The van der Waals surface area contributed by atoms with Gasteiger partial charge in [-0.2, -0.15) is 0 Å². The van der Waals surface area contributed by atoms with Crippen LogP contribution in [0.25, 0.3) is 11.6 Å². The number of rotatable bonds is 4. The third kappa shape index (κ3) is 2.30. The highest BCUT2D eigenvalue weighted by Gasteiger charge is 2.10. The second-order valence-corrected chi connectivity index (χ2v) is 4.61. The average Bonchev–Trinajstić information content (AvgIpc) is 3.07. The van der Waals surface area contributed by atoms with Crippen LogP contribution in [0.2, 0.25) is 0 Å². The van der Waals surface area contributed by atoms with Gasteiger partial charge in [-0.1, -0.05) is 16.9 Å². The number of hydrogen-bond acceptors (Lipinski definition) is 6. The highest BCUT2D eigenvalue weighted by Crippen LogP contribution is 2.24. The fourth-order valence-electron chi connectivity index (χ4n) is 1.46. The summed E-state index contributed by atoms with van der Waals surface area (Å²) in [6.07, 6.45) is 1.81. The first-order chi connectivity index (χ1) is 8.81. The van der Waals surface area contributed by atoms with Crippen LogP contribution in [-0.4, -0.2) is 20.3 Å². The molecular formula is C11H10N4O2S. The predicted molar refractivity (Wildman–Crippen MR) is 64.9 cm³/mol. The smallest absolute Gasteiger partial charge is 0.277 e. The minimum absolute atomic E-state index is 0.483. The molecule has 0 saturated carbocycles. The van der Waals surface area contributed by atoms with E-state index in [-0.39, 0.29) is 0 Å². The molecule has 0 unspecified atom stereocenters. The van der Waals surface area contributed by atoms with Crippen LogP contribution in [0, 0.1) is 6.92 Å². The maximum atomic E-state index is 5.50. The van der Waals surface area contributed by atoms with Gasteiger partial charge in [-0.05, 0) is 19.1 Å². The molecular weight excluding hydrogens is 252 g/mol. The molecule has 0 saturated heterocycles. The Balaban J connectivity index is 1.67. The van der Waals surface area contributed by atoms with Crippen LogP contribution >= 0.6 is 11.8 Å². The van der Waals surface area contributed by atoms with Gasteiger partial charge in [-0.25, -0.2) is 0 Å². The Morgan fingerprint density at radius 2 is 2.33 bits per heavy atom. The predicted octanol–water partition coefficient (Wildman–Crippen LogP) is 2.65. The van der Waals surface area contributed by atoms with Crippen LogP contribution in [-0.2, 0) is 5.75 Å². The van der Waals surface area contributed by atoms with E-state index in [0.717, 1.165) is 17.1 Å². The summed E-state index contributed by atoms with van der Waals surface area (Å²) >= 11 is 1.42. The number of aromatic nitrogens is 4. The monoisotopic (exact) mass is 262 g/mol. The molecule has 0 bridgehead atoms. The Bertz CT molecular complexity index is 629. The van der Waals surface area contributed by atoms with E-state index in [9.17, 15) is 0 Å². The minimum Gasteiger partial charge on any atom is -0.410 e. The molecule has 6 nitrogen and oxygen atoms in total. The summed E-state index contributed by atoms with van der Waals surface area (Å²) in [5.74, 6) is 1.89. The first-order valence-corrected chi connectivity index (χ1v) is 6.32. The van der Waals surface area contributed by atoms with Crippen molar-refractivity contribution in [3.8, 4) is 11.6 Å². The minimum atomic E-state index is 0.483. The van der Waals surface area contributed by atoms with Gasteiger partial charge in [0.1, 0.15) is 11.5 Å². The Hall–Kier alpha value is -2.02. The topological polar surface area (TPSA) is 80.7 Å². The van der Waals surface area contributed by atoms with Crippen LogP contribution in [0.15, 0.2) is 38.6 Å². The SMILES string of the molecule is Cc1cc(CSc2nnc(-c3ccc[nH]3)o2)on1. The Morgan fingerprint density at radius 3 is 3.06 bits per heavy atom. The summed E-state index contributed by atoms with van der Waals surface area (Å²) in [5.41, 5.74) is 1.67. The molecule has 7 heteroatoms. The van der Waals surface area contributed by atoms with Crippen LogP contribution in [0.5, 0.6) is 0 Å². The molecule has 3 heterocycles. The van der Waals surface area contributed by atoms with Gasteiger partial charge in [0.2, 0.25) is 0 Å².